The van der Waals surface area contributed by atoms with E-state index in [-0.39, 0.29) is 0 Å². The zero-order valence-electron chi connectivity index (χ0n) is 31.1. The van der Waals surface area contributed by atoms with Gasteiger partial charge in [-0.1, -0.05) is 97.1 Å². The zero-order valence-corrected chi connectivity index (χ0v) is 31.1. The third-order valence-corrected chi connectivity index (χ3v) is 9.78. The lowest BCUT2D eigenvalue weighted by Gasteiger charge is -2.22. The number of hydrogen-bond donors (Lipinski definition) is 0. The molecule has 278 valence electrons. The lowest BCUT2D eigenvalue weighted by molar-refractivity contribution is 0.535. The molecule has 10 rings (SSSR count). The maximum atomic E-state index is 6.43. The summed E-state index contributed by atoms with van der Waals surface area (Å²) in [6, 6.07) is 63.9. The van der Waals surface area contributed by atoms with Crippen LogP contribution in [0.3, 0.4) is 0 Å². The number of nitrogens with zero attached hydrogens (tertiary/aromatic N) is 4. The Bertz CT molecular complexity index is 2680. The zero-order chi connectivity index (χ0) is 38.7. The van der Waals surface area contributed by atoms with Crippen LogP contribution in [-0.4, -0.2) is 9.97 Å². The fourth-order valence-corrected chi connectivity index (χ4v) is 6.94. The number of hydrogen-bond acceptors (Lipinski definition) is 8. The predicted octanol–water partition coefficient (Wildman–Crippen LogP) is 14.1. The van der Waals surface area contributed by atoms with Gasteiger partial charge >= 0.3 is 0 Å². The van der Waals surface area contributed by atoms with Crippen LogP contribution in [0.2, 0.25) is 0 Å². The molecule has 0 aliphatic carbocycles. The van der Waals surface area contributed by atoms with Gasteiger partial charge in [-0.2, -0.15) is 0 Å². The van der Waals surface area contributed by atoms with Crippen LogP contribution in [0.25, 0.3) is 56.8 Å². The van der Waals surface area contributed by atoms with Crippen LogP contribution in [0, 0.1) is 0 Å². The van der Waals surface area contributed by atoms with Gasteiger partial charge in [0.15, 0.2) is 23.0 Å². The highest BCUT2D eigenvalue weighted by Gasteiger charge is 2.21. The van der Waals surface area contributed by atoms with Crippen molar-refractivity contribution in [3.8, 4) is 56.8 Å². The molecule has 8 heteroatoms. The van der Waals surface area contributed by atoms with E-state index in [9.17, 15) is 0 Å². The molecule has 6 heterocycles. The Morgan fingerprint density at radius 2 is 0.638 bits per heavy atom. The summed E-state index contributed by atoms with van der Waals surface area (Å²) in [4.78, 5) is 13.3. The fourth-order valence-electron chi connectivity index (χ4n) is 6.94. The van der Waals surface area contributed by atoms with Gasteiger partial charge in [0.2, 0.25) is 11.8 Å². The first kappa shape index (κ1) is 34.4. The monoisotopic (exact) mass is 754 g/mol. The summed E-state index contributed by atoms with van der Waals surface area (Å²) in [5, 5.41) is 0. The highest BCUT2D eigenvalue weighted by atomic mass is 16.4. The van der Waals surface area contributed by atoms with Gasteiger partial charge in [0, 0.05) is 35.7 Å². The Hall–Kier alpha value is -8.10. The largest absolute Gasteiger partial charge is 0.453 e. The molecule has 0 saturated carbocycles. The van der Waals surface area contributed by atoms with Gasteiger partial charge in [0.25, 0.3) is 0 Å². The molecule has 0 spiro atoms. The van der Waals surface area contributed by atoms with Crippen molar-refractivity contribution in [2.45, 2.75) is 0 Å². The SMILES string of the molecule is c1ccc(-c2ccc(-c3ccc(N(c4ccc(-c5ccc(N(c6ccccn6)c6ccc(-c7ccc(-c8ccccc8)o7)o6)cc5)cc4)c4ccccn4)o3)o2)cc1. The average molecular weight is 755 g/mol. The van der Waals surface area contributed by atoms with E-state index in [1.165, 1.54) is 0 Å². The van der Waals surface area contributed by atoms with Crippen LogP contribution in [-0.2, 0) is 0 Å². The van der Waals surface area contributed by atoms with Gasteiger partial charge < -0.3 is 17.7 Å². The molecule has 0 unspecified atom stereocenters. The molecule has 0 aliphatic rings. The Labute approximate surface area is 334 Å². The van der Waals surface area contributed by atoms with E-state index in [1.54, 1.807) is 12.4 Å². The van der Waals surface area contributed by atoms with Crippen LogP contribution in [0.15, 0.2) is 224 Å². The molecule has 6 aromatic heterocycles. The van der Waals surface area contributed by atoms with E-state index in [0.29, 0.717) is 34.8 Å². The Balaban J connectivity index is 0.916. The minimum Gasteiger partial charge on any atom is -0.453 e. The number of furan rings is 4. The van der Waals surface area contributed by atoms with Crippen molar-refractivity contribution < 1.29 is 17.7 Å². The van der Waals surface area contributed by atoms with Crippen molar-refractivity contribution in [3.05, 3.63) is 207 Å². The Morgan fingerprint density at radius 1 is 0.276 bits per heavy atom. The number of benzene rings is 4. The molecule has 0 radical (unpaired) electrons. The topological polar surface area (TPSA) is 84.8 Å². The molecule has 10 aromatic rings. The first-order valence-corrected chi connectivity index (χ1v) is 18.9. The second-order valence-electron chi connectivity index (χ2n) is 13.5. The highest BCUT2D eigenvalue weighted by Crippen LogP contribution is 2.41. The third kappa shape index (κ3) is 6.86. The van der Waals surface area contributed by atoms with E-state index in [0.717, 1.165) is 56.8 Å². The average Bonchev–Trinajstić information content (AvgIpc) is 4.14. The van der Waals surface area contributed by atoms with Crippen molar-refractivity contribution in [2.75, 3.05) is 9.80 Å². The van der Waals surface area contributed by atoms with E-state index >= 15 is 0 Å². The lowest BCUT2D eigenvalue weighted by Crippen LogP contribution is -2.10. The fraction of sp³-hybridized carbons (Fsp3) is 0. The first-order valence-electron chi connectivity index (χ1n) is 18.9. The van der Waals surface area contributed by atoms with Crippen molar-refractivity contribution in [2.24, 2.45) is 0 Å². The molecular formula is C50H34N4O4. The van der Waals surface area contributed by atoms with Gasteiger partial charge in [-0.25, -0.2) is 9.97 Å². The molecule has 0 N–H and O–H groups in total. The molecule has 0 bridgehead atoms. The maximum absolute atomic E-state index is 6.43. The second kappa shape index (κ2) is 15.2. The molecule has 8 nitrogen and oxygen atoms in total. The molecular weight excluding hydrogens is 721 g/mol. The molecule has 58 heavy (non-hydrogen) atoms. The highest BCUT2D eigenvalue weighted by molar-refractivity contribution is 5.78. The lowest BCUT2D eigenvalue weighted by atomic mass is 10.0. The summed E-state index contributed by atoms with van der Waals surface area (Å²) >= 11 is 0. The number of anilines is 6. The minimum atomic E-state index is 0.614. The second-order valence-corrected chi connectivity index (χ2v) is 13.5. The van der Waals surface area contributed by atoms with Gasteiger partial charge in [0.05, 0.1) is 11.4 Å². The minimum absolute atomic E-state index is 0.614. The van der Waals surface area contributed by atoms with Crippen LogP contribution in [0.1, 0.15) is 0 Å². The van der Waals surface area contributed by atoms with Crippen molar-refractivity contribution in [3.63, 3.8) is 0 Å². The molecule has 0 atom stereocenters. The third-order valence-electron chi connectivity index (χ3n) is 9.78. The first-order chi connectivity index (χ1) is 28.7. The van der Waals surface area contributed by atoms with Crippen LogP contribution in [0.5, 0.6) is 0 Å². The Kier molecular flexibility index (Phi) is 9.02. The molecule has 0 aliphatic heterocycles. The standard InChI is InChI=1S/C50H34N4O4/c1-3-11-37(12-4-1)41-25-27-43(55-41)45-29-31-49(57-45)53(47-15-7-9-33-51-47)39-21-17-35(18-22-39)36-19-23-40(24-20-36)54(48-16-8-10-34-52-48)50-32-30-46(58-50)44-28-26-42(56-44)38-13-5-2-6-14-38/h1-34H. The molecule has 4 aromatic carbocycles. The number of pyridine rings is 2. The van der Waals surface area contributed by atoms with E-state index < -0.39 is 0 Å². The predicted molar refractivity (Wildman–Crippen MR) is 228 cm³/mol. The van der Waals surface area contributed by atoms with Crippen LogP contribution < -0.4 is 9.80 Å². The van der Waals surface area contributed by atoms with Crippen LogP contribution in [0.4, 0.5) is 34.8 Å². The van der Waals surface area contributed by atoms with Crippen molar-refractivity contribution in [1.82, 2.24) is 9.97 Å². The summed E-state index contributed by atoms with van der Waals surface area (Å²) in [5.74, 6) is 6.78. The van der Waals surface area contributed by atoms with E-state index in [1.807, 2.05) is 155 Å². The normalized spacial score (nSPS) is 11.1. The number of aromatic nitrogens is 2. The summed E-state index contributed by atoms with van der Waals surface area (Å²) in [6.45, 7) is 0. The van der Waals surface area contributed by atoms with E-state index in [4.69, 9.17) is 17.7 Å². The van der Waals surface area contributed by atoms with Gasteiger partial charge in [0.1, 0.15) is 23.2 Å². The van der Waals surface area contributed by atoms with E-state index in [2.05, 4.69) is 58.5 Å². The van der Waals surface area contributed by atoms with Crippen molar-refractivity contribution in [1.29, 1.82) is 0 Å². The molecule has 0 fully saturated rings. The maximum Gasteiger partial charge on any atom is 0.206 e. The number of rotatable bonds is 11. The van der Waals surface area contributed by atoms with Gasteiger partial charge in [-0.3, -0.25) is 9.80 Å². The Morgan fingerprint density at radius 3 is 1.03 bits per heavy atom. The van der Waals surface area contributed by atoms with Crippen molar-refractivity contribution >= 4 is 34.8 Å². The summed E-state index contributed by atoms with van der Waals surface area (Å²) < 4.78 is 25.2. The smallest absolute Gasteiger partial charge is 0.206 e. The summed E-state index contributed by atoms with van der Waals surface area (Å²) in [7, 11) is 0. The van der Waals surface area contributed by atoms with Gasteiger partial charge in [-0.05, 0) is 96.1 Å². The molecule has 0 amide bonds. The summed E-state index contributed by atoms with van der Waals surface area (Å²) in [6.07, 6.45) is 3.55. The summed E-state index contributed by atoms with van der Waals surface area (Å²) in [5.41, 5.74) is 5.91. The van der Waals surface area contributed by atoms with Crippen LogP contribution >= 0.6 is 0 Å². The van der Waals surface area contributed by atoms with Gasteiger partial charge in [-0.15, -0.1) is 0 Å². The molecule has 0 saturated heterocycles. The quantitative estimate of drug-likeness (QED) is 0.129.